The Labute approximate surface area is 137 Å². The summed E-state index contributed by atoms with van der Waals surface area (Å²) < 4.78 is 22.9. The zero-order valence-corrected chi connectivity index (χ0v) is 14.3. The second-order valence-corrected chi connectivity index (χ2v) is 8.07. The molecule has 5 nitrogen and oxygen atoms in total. The summed E-state index contributed by atoms with van der Waals surface area (Å²) in [6, 6.07) is 7.78. The minimum absolute atomic E-state index is 0.0419. The number of hydrogen-bond donors (Lipinski definition) is 2. The number of halogens is 1. The minimum Gasteiger partial charge on any atom is -0.356 e. The van der Waals surface area contributed by atoms with Gasteiger partial charge in [-0.2, -0.15) is 0 Å². The van der Waals surface area contributed by atoms with Gasteiger partial charge in [-0.05, 0) is 30.9 Å². The summed E-state index contributed by atoms with van der Waals surface area (Å²) >= 11 is 6.12. The predicted octanol–water partition coefficient (Wildman–Crippen LogP) is 1.62. The fraction of sp³-hybridized carbons (Fsp3) is 0.533. The van der Waals surface area contributed by atoms with E-state index in [2.05, 4.69) is 15.6 Å². The number of nitrogens with one attached hydrogen (secondary N) is 2. The SMILES string of the molecule is CN=C(NCCCc1ccccc1Cl)NC1CCS(=O)(=O)C1. The molecule has 0 spiro atoms. The number of hydrogen-bond acceptors (Lipinski definition) is 3. The van der Waals surface area contributed by atoms with Gasteiger partial charge in [0.2, 0.25) is 0 Å². The Hall–Kier alpha value is -1.27. The average molecular weight is 344 g/mol. The van der Waals surface area contributed by atoms with Crippen molar-refractivity contribution in [2.45, 2.75) is 25.3 Å². The molecule has 1 saturated heterocycles. The van der Waals surface area contributed by atoms with E-state index in [1.165, 1.54) is 0 Å². The number of rotatable bonds is 5. The Balaban J connectivity index is 1.72. The summed E-state index contributed by atoms with van der Waals surface area (Å²) in [5.74, 6) is 1.10. The smallest absolute Gasteiger partial charge is 0.191 e. The molecule has 1 heterocycles. The number of aryl methyl sites for hydroxylation is 1. The molecular formula is C15H22ClN3O2S. The lowest BCUT2D eigenvalue weighted by molar-refractivity contribution is 0.599. The van der Waals surface area contributed by atoms with Crippen molar-refractivity contribution in [3.05, 3.63) is 34.9 Å². The van der Waals surface area contributed by atoms with Crippen LogP contribution in [0.4, 0.5) is 0 Å². The lowest BCUT2D eigenvalue weighted by Gasteiger charge is -2.16. The van der Waals surface area contributed by atoms with E-state index < -0.39 is 9.84 Å². The maximum atomic E-state index is 11.4. The molecule has 7 heteroatoms. The highest BCUT2D eigenvalue weighted by molar-refractivity contribution is 7.91. The van der Waals surface area contributed by atoms with Crippen LogP contribution in [0.15, 0.2) is 29.3 Å². The first-order valence-electron chi connectivity index (χ1n) is 7.41. The Morgan fingerprint density at radius 1 is 1.41 bits per heavy atom. The van der Waals surface area contributed by atoms with E-state index in [0.29, 0.717) is 12.4 Å². The van der Waals surface area contributed by atoms with Crippen molar-refractivity contribution in [1.82, 2.24) is 10.6 Å². The zero-order chi connectivity index (χ0) is 16.0. The maximum Gasteiger partial charge on any atom is 0.191 e. The summed E-state index contributed by atoms with van der Waals surface area (Å²) in [4.78, 5) is 4.13. The normalized spacial score (nSPS) is 20.8. The van der Waals surface area contributed by atoms with Gasteiger partial charge in [0.05, 0.1) is 11.5 Å². The number of nitrogens with zero attached hydrogens (tertiary/aromatic N) is 1. The molecule has 0 radical (unpaired) electrons. The van der Waals surface area contributed by atoms with E-state index in [1.807, 2.05) is 24.3 Å². The number of sulfone groups is 1. The van der Waals surface area contributed by atoms with Crippen LogP contribution >= 0.6 is 11.6 Å². The van der Waals surface area contributed by atoms with Crippen LogP contribution in [0, 0.1) is 0 Å². The predicted molar refractivity (Wildman–Crippen MR) is 91.3 cm³/mol. The Bertz CT molecular complexity index is 631. The van der Waals surface area contributed by atoms with Crippen molar-refractivity contribution < 1.29 is 8.42 Å². The molecule has 1 fully saturated rings. The third-order valence-corrected chi connectivity index (χ3v) is 5.81. The third-order valence-electron chi connectivity index (χ3n) is 3.67. The van der Waals surface area contributed by atoms with Crippen molar-refractivity contribution in [3.63, 3.8) is 0 Å². The number of aliphatic imine (C=N–C) groups is 1. The van der Waals surface area contributed by atoms with E-state index in [1.54, 1.807) is 7.05 Å². The standard InChI is InChI=1S/C15H22ClN3O2S/c1-17-15(19-13-8-10-22(20,21)11-13)18-9-4-6-12-5-2-3-7-14(12)16/h2-3,5,7,13H,4,6,8-11H2,1H3,(H2,17,18,19). The van der Waals surface area contributed by atoms with Crippen LogP contribution in [0.5, 0.6) is 0 Å². The molecule has 2 N–H and O–H groups in total. The second-order valence-electron chi connectivity index (χ2n) is 5.44. The average Bonchev–Trinajstić information content (AvgIpc) is 2.83. The van der Waals surface area contributed by atoms with Crippen LogP contribution in [-0.2, 0) is 16.3 Å². The van der Waals surface area contributed by atoms with Gasteiger partial charge in [-0.25, -0.2) is 8.42 Å². The highest BCUT2D eigenvalue weighted by atomic mass is 35.5. The summed E-state index contributed by atoms with van der Waals surface area (Å²) in [7, 11) is -1.19. The lowest BCUT2D eigenvalue weighted by atomic mass is 10.1. The fourth-order valence-corrected chi connectivity index (χ4v) is 4.39. The molecule has 1 atom stereocenters. The van der Waals surface area contributed by atoms with E-state index >= 15 is 0 Å². The van der Waals surface area contributed by atoms with Gasteiger partial charge in [-0.1, -0.05) is 29.8 Å². The first-order chi connectivity index (χ1) is 10.5. The maximum absolute atomic E-state index is 11.4. The molecule has 0 bridgehead atoms. The van der Waals surface area contributed by atoms with Gasteiger partial charge < -0.3 is 10.6 Å². The molecule has 1 aromatic rings. The first kappa shape index (κ1) is 17.1. The van der Waals surface area contributed by atoms with Crippen molar-refractivity contribution >= 4 is 27.4 Å². The Morgan fingerprint density at radius 2 is 2.18 bits per heavy atom. The molecule has 1 aliphatic heterocycles. The quantitative estimate of drug-likeness (QED) is 0.484. The van der Waals surface area contributed by atoms with E-state index in [0.717, 1.165) is 30.0 Å². The van der Waals surface area contributed by atoms with Gasteiger partial charge in [-0.3, -0.25) is 4.99 Å². The van der Waals surface area contributed by atoms with Crippen LogP contribution in [-0.4, -0.2) is 45.5 Å². The van der Waals surface area contributed by atoms with Gasteiger partial charge >= 0.3 is 0 Å². The van der Waals surface area contributed by atoms with Crippen LogP contribution < -0.4 is 10.6 Å². The fourth-order valence-electron chi connectivity index (χ4n) is 2.48. The molecule has 22 heavy (non-hydrogen) atoms. The van der Waals surface area contributed by atoms with Crippen molar-refractivity contribution in [3.8, 4) is 0 Å². The second kappa shape index (κ2) is 7.83. The highest BCUT2D eigenvalue weighted by Crippen LogP contribution is 2.16. The summed E-state index contributed by atoms with van der Waals surface area (Å²) in [5, 5.41) is 7.17. The van der Waals surface area contributed by atoms with Crippen molar-refractivity contribution in [1.29, 1.82) is 0 Å². The highest BCUT2D eigenvalue weighted by Gasteiger charge is 2.28. The van der Waals surface area contributed by atoms with Crippen LogP contribution in [0.1, 0.15) is 18.4 Å². The van der Waals surface area contributed by atoms with Crippen LogP contribution in [0.25, 0.3) is 0 Å². The molecule has 122 valence electrons. The number of guanidine groups is 1. The topological polar surface area (TPSA) is 70.6 Å². The van der Waals surface area contributed by atoms with Crippen LogP contribution in [0.2, 0.25) is 5.02 Å². The minimum atomic E-state index is -2.88. The molecular weight excluding hydrogens is 322 g/mol. The summed E-state index contributed by atoms with van der Waals surface area (Å²) in [6.07, 6.45) is 2.46. The first-order valence-corrected chi connectivity index (χ1v) is 9.61. The van der Waals surface area contributed by atoms with Gasteiger partial charge in [-0.15, -0.1) is 0 Å². The van der Waals surface area contributed by atoms with E-state index in [9.17, 15) is 8.42 Å². The number of benzene rings is 1. The largest absolute Gasteiger partial charge is 0.356 e. The molecule has 0 saturated carbocycles. The molecule has 0 amide bonds. The summed E-state index contributed by atoms with van der Waals surface area (Å²) in [5.41, 5.74) is 1.13. The molecule has 1 aromatic carbocycles. The summed E-state index contributed by atoms with van der Waals surface area (Å²) in [6.45, 7) is 0.754. The molecule has 0 aromatic heterocycles. The Kier molecular flexibility index (Phi) is 6.08. The van der Waals surface area contributed by atoms with Crippen molar-refractivity contribution in [2.75, 3.05) is 25.1 Å². The Morgan fingerprint density at radius 3 is 2.82 bits per heavy atom. The molecule has 2 rings (SSSR count). The molecule has 0 aliphatic carbocycles. The van der Waals surface area contributed by atoms with Gasteiger partial charge in [0.15, 0.2) is 15.8 Å². The van der Waals surface area contributed by atoms with Gasteiger partial charge in [0.25, 0.3) is 0 Å². The lowest BCUT2D eigenvalue weighted by Crippen LogP contribution is -2.44. The zero-order valence-electron chi connectivity index (χ0n) is 12.7. The van der Waals surface area contributed by atoms with Crippen LogP contribution in [0.3, 0.4) is 0 Å². The molecule has 1 unspecified atom stereocenters. The van der Waals surface area contributed by atoms with Gasteiger partial charge in [0, 0.05) is 24.7 Å². The van der Waals surface area contributed by atoms with Crippen molar-refractivity contribution in [2.24, 2.45) is 4.99 Å². The monoisotopic (exact) mass is 343 g/mol. The molecule has 1 aliphatic rings. The van der Waals surface area contributed by atoms with E-state index in [-0.39, 0.29) is 17.5 Å². The third kappa shape index (κ3) is 5.18. The van der Waals surface area contributed by atoms with Gasteiger partial charge in [0.1, 0.15) is 0 Å². The van der Waals surface area contributed by atoms with E-state index in [4.69, 9.17) is 11.6 Å².